The highest BCUT2D eigenvalue weighted by molar-refractivity contribution is 6.35. The number of carbonyl (C=O) groups excluding carboxylic acids is 1. The van der Waals surface area contributed by atoms with Gasteiger partial charge in [0.15, 0.2) is 0 Å². The van der Waals surface area contributed by atoms with E-state index in [9.17, 15) is 4.79 Å². The molecule has 0 aliphatic rings. The molecule has 0 spiro atoms. The van der Waals surface area contributed by atoms with Crippen molar-refractivity contribution in [2.45, 2.75) is 6.42 Å². The number of anilines is 1. The van der Waals surface area contributed by atoms with Gasteiger partial charge in [-0.2, -0.15) is 0 Å². The Bertz CT molecular complexity index is 373. The monoisotopic (exact) mass is 258 g/mol. The summed E-state index contributed by atoms with van der Waals surface area (Å²) in [5, 5.41) is 6.25. The second-order valence-electron chi connectivity index (χ2n) is 3.12. The average Bonchev–Trinajstić information content (AvgIpc) is 2.16. The van der Waals surface area contributed by atoms with Gasteiger partial charge >= 0.3 is 6.03 Å². The number of rotatable bonds is 4. The fraction of sp³-hybridized carbons (Fsp3) is 0.182. The van der Waals surface area contributed by atoms with Crippen LogP contribution in [0.4, 0.5) is 10.5 Å². The zero-order valence-electron chi connectivity index (χ0n) is 8.59. The molecule has 16 heavy (non-hydrogen) atoms. The average molecular weight is 259 g/mol. The molecule has 0 radical (unpaired) electrons. The van der Waals surface area contributed by atoms with Crippen LogP contribution >= 0.6 is 23.2 Å². The number of hydrogen-bond donors (Lipinski definition) is 2. The molecule has 0 aromatic heterocycles. The Balaban J connectivity index is 2.52. The van der Waals surface area contributed by atoms with Gasteiger partial charge in [-0.1, -0.05) is 29.3 Å². The Morgan fingerprint density at radius 1 is 1.31 bits per heavy atom. The van der Waals surface area contributed by atoms with E-state index in [0.29, 0.717) is 22.3 Å². The first kappa shape index (κ1) is 12.9. The molecule has 1 aromatic rings. The van der Waals surface area contributed by atoms with Gasteiger partial charge in [0.1, 0.15) is 0 Å². The topological polar surface area (TPSA) is 41.1 Å². The normalized spacial score (nSPS) is 9.62. The van der Waals surface area contributed by atoms with Gasteiger partial charge < -0.3 is 10.6 Å². The number of amides is 2. The number of halogens is 2. The maximum Gasteiger partial charge on any atom is 0.319 e. The standard InChI is InChI=1S/C11H12Cl2N2O/c1-2-3-4-14-11(16)15-10-6-8(12)5-9(13)7-10/h2,5-7H,1,3-4H2,(H2,14,15,16). The summed E-state index contributed by atoms with van der Waals surface area (Å²) in [5.41, 5.74) is 0.564. The molecule has 2 amide bonds. The SMILES string of the molecule is C=CCCNC(=O)Nc1cc(Cl)cc(Cl)c1. The fourth-order valence-electron chi connectivity index (χ4n) is 1.09. The zero-order chi connectivity index (χ0) is 12.0. The number of carbonyl (C=O) groups is 1. The van der Waals surface area contributed by atoms with E-state index >= 15 is 0 Å². The van der Waals surface area contributed by atoms with Gasteiger partial charge in [-0.15, -0.1) is 6.58 Å². The zero-order valence-corrected chi connectivity index (χ0v) is 10.1. The van der Waals surface area contributed by atoms with Gasteiger partial charge in [-0.25, -0.2) is 4.79 Å². The Morgan fingerprint density at radius 2 is 1.94 bits per heavy atom. The predicted octanol–water partition coefficient (Wildman–Crippen LogP) is 3.69. The third-order valence-electron chi connectivity index (χ3n) is 1.75. The molecular weight excluding hydrogens is 247 g/mol. The summed E-state index contributed by atoms with van der Waals surface area (Å²) in [4.78, 5) is 11.4. The smallest absolute Gasteiger partial charge is 0.319 e. The molecule has 0 bridgehead atoms. The molecule has 5 heteroatoms. The number of hydrogen-bond acceptors (Lipinski definition) is 1. The quantitative estimate of drug-likeness (QED) is 0.628. The minimum Gasteiger partial charge on any atom is -0.338 e. The second-order valence-corrected chi connectivity index (χ2v) is 3.99. The van der Waals surface area contributed by atoms with Crippen molar-refractivity contribution in [1.82, 2.24) is 5.32 Å². The number of nitrogens with one attached hydrogen (secondary N) is 2. The molecule has 0 atom stereocenters. The first-order valence-electron chi connectivity index (χ1n) is 4.73. The third-order valence-corrected chi connectivity index (χ3v) is 2.19. The van der Waals surface area contributed by atoms with Crippen molar-refractivity contribution in [3.63, 3.8) is 0 Å². The van der Waals surface area contributed by atoms with Gasteiger partial charge in [0, 0.05) is 22.3 Å². The van der Waals surface area contributed by atoms with Crippen molar-refractivity contribution >= 4 is 34.9 Å². The molecule has 86 valence electrons. The summed E-state index contributed by atoms with van der Waals surface area (Å²) < 4.78 is 0. The highest BCUT2D eigenvalue weighted by Gasteiger charge is 2.02. The van der Waals surface area contributed by atoms with E-state index in [1.54, 1.807) is 24.3 Å². The number of urea groups is 1. The van der Waals surface area contributed by atoms with Crippen molar-refractivity contribution in [3.05, 3.63) is 40.9 Å². The van der Waals surface area contributed by atoms with E-state index in [-0.39, 0.29) is 6.03 Å². The fourth-order valence-corrected chi connectivity index (χ4v) is 1.62. The summed E-state index contributed by atoms with van der Waals surface area (Å²) >= 11 is 11.6. The van der Waals surface area contributed by atoms with Crippen molar-refractivity contribution in [2.24, 2.45) is 0 Å². The Hall–Kier alpha value is -1.19. The minimum absolute atomic E-state index is 0.291. The lowest BCUT2D eigenvalue weighted by Crippen LogP contribution is -2.29. The molecule has 0 unspecified atom stereocenters. The van der Waals surface area contributed by atoms with Crippen LogP contribution in [0.1, 0.15) is 6.42 Å². The van der Waals surface area contributed by atoms with Gasteiger partial charge in [-0.3, -0.25) is 0 Å². The molecule has 0 saturated carbocycles. The first-order valence-corrected chi connectivity index (χ1v) is 5.49. The Labute approximate surface area is 104 Å². The van der Waals surface area contributed by atoms with E-state index in [1.165, 1.54) is 0 Å². The van der Waals surface area contributed by atoms with Crippen LogP contribution < -0.4 is 10.6 Å². The Morgan fingerprint density at radius 3 is 2.50 bits per heavy atom. The van der Waals surface area contributed by atoms with Crippen LogP contribution in [0.2, 0.25) is 10.0 Å². The molecule has 2 N–H and O–H groups in total. The molecule has 0 aliphatic carbocycles. The van der Waals surface area contributed by atoms with Crippen LogP contribution in [0.25, 0.3) is 0 Å². The van der Waals surface area contributed by atoms with Crippen molar-refractivity contribution in [2.75, 3.05) is 11.9 Å². The maximum atomic E-state index is 11.4. The van der Waals surface area contributed by atoms with Crippen LogP contribution in [0.15, 0.2) is 30.9 Å². The van der Waals surface area contributed by atoms with Crippen LogP contribution in [0.3, 0.4) is 0 Å². The Kier molecular flexibility index (Phi) is 5.15. The van der Waals surface area contributed by atoms with E-state index in [4.69, 9.17) is 23.2 Å². The maximum absolute atomic E-state index is 11.4. The molecule has 0 saturated heterocycles. The second kappa shape index (κ2) is 6.40. The summed E-state index contributed by atoms with van der Waals surface area (Å²) in [6.07, 6.45) is 2.46. The van der Waals surface area contributed by atoms with E-state index in [0.717, 1.165) is 6.42 Å². The highest BCUT2D eigenvalue weighted by atomic mass is 35.5. The molecule has 0 aliphatic heterocycles. The van der Waals surface area contributed by atoms with Gasteiger partial charge in [0.2, 0.25) is 0 Å². The van der Waals surface area contributed by atoms with Crippen molar-refractivity contribution in [3.8, 4) is 0 Å². The molecular formula is C11H12Cl2N2O. The minimum atomic E-state index is -0.291. The first-order chi connectivity index (χ1) is 7.61. The molecule has 1 rings (SSSR count). The largest absolute Gasteiger partial charge is 0.338 e. The van der Waals surface area contributed by atoms with Gasteiger partial charge in [-0.05, 0) is 24.6 Å². The lowest BCUT2D eigenvalue weighted by molar-refractivity contribution is 0.252. The summed E-state index contributed by atoms with van der Waals surface area (Å²) in [6.45, 7) is 4.10. The molecule has 1 aromatic carbocycles. The molecule has 0 heterocycles. The van der Waals surface area contributed by atoms with Crippen LogP contribution in [0, 0.1) is 0 Å². The third kappa shape index (κ3) is 4.55. The van der Waals surface area contributed by atoms with Gasteiger partial charge in [0.05, 0.1) is 0 Å². The van der Waals surface area contributed by atoms with Crippen molar-refractivity contribution in [1.29, 1.82) is 0 Å². The summed E-state index contributed by atoms with van der Waals surface area (Å²) in [7, 11) is 0. The van der Waals surface area contributed by atoms with E-state index in [2.05, 4.69) is 17.2 Å². The lowest BCUT2D eigenvalue weighted by atomic mass is 10.3. The number of benzene rings is 1. The van der Waals surface area contributed by atoms with Crippen LogP contribution in [0.5, 0.6) is 0 Å². The van der Waals surface area contributed by atoms with Crippen LogP contribution in [-0.4, -0.2) is 12.6 Å². The molecule has 3 nitrogen and oxygen atoms in total. The van der Waals surface area contributed by atoms with Crippen molar-refractivity contribution < 1.29 is 4.79 Å². The predicted molar refractivity (Wildman–Crippen MR) is 68.3 cm³/mol. The summed E-state index contributed by atoms with van der Waals surface area (Å²) in [6, 6.07) is 4.56. The summed E-state index contributed by atoms with van der Waals surface area (Å²) in [5.74, 6) is 0. The van der Waals surface area contributed by atoms with E-state index in [1.807, 2.05) is 0 Å². The lowest BCUT2D eigenvalue weighted by Gasteiger charge is -2.07. The highest BCUT2D eigenvalue weighted by Crippen LogP contribution is 2.22. The van der Waals surface area contributed by atoms with E-state index < -0.39 is 0 Å². The van der Waals surface area contributed by atoms with Crippen LogP contribution in [-0.2, 0) is 0 Å². The van der Waals surface area contributed by atoms with Gasteiger partial charge in [0.25, 0.3) is 0 Å². The molecule has 0 fully saturated rings.